The maximum absolute atomic E-state index is 12.2. The van der Waals surface area contributed by atoms with E-state index in [-0.39, 0.29) is 12.0 Å². The number of hydrogen-bond donors (Lipinski definition) is 2. The number of carbonyl (C=O) groups excluding carboxylic acids is 1. The molecule has 1 amide bonds. The summed E-state index contributed by atoms with van der Waals surface area (Å²) in [6.45, 7) is 7.13. The molecule has 6 nitrogen and oxygen atoms in total. The molecular formula is C13H22N4O2. The Bertz CT molecular complexity index is 469. The molecule has 1 aromatic heterocycles. The number of aryl methyl sites for hydroxylation is 2. The van der Waals surface area contributed by atoms with Gasteiger partial charge in [0.25, 0.3) is 5.91 Å². The second-order valence-electron chi connectivity index (χ2n) is 4.91. The van der Waals surface area contributed by atoms with Gasteiger partial charge in [0, 0.05) is 13.1 Å². The monoisotopic (exact) mass is 266 g/mol. The number of nitrogens with one attached hydrogen (secondary N) is 1. The summed E-state index contributed by atoms with van der Waals surface area (Å²) in [6, 6.07) is 0. The molecule has 0 spiro atoms. The number of anilines is 1. The number of carbonyl (C=O) groups is 1. The SMILES string of the molecule is CCn1nc(C)c(NC(=O)[C@@H]2CC[C@H](CN)O2)c1C. The highest BCUT2D eigenvalue weighted by Crippen LogP contribution is 2.23. The Hall–Kier alpha value is -1.40. The fourth-order valence-electron chi connectivity index (χ4n) is 2.46. The molecule has 1 aliphatic heterocycles. The molecule has 2 heterocycles. The Balaban J connectivity index is 2.05. The van der Waals surface area contributed by atoms with Crippen molar-refractivity contribution in [3.05, 3.63) is 11.4 Å². The maximum Gasteiger partial charge on any atom is 0.253 e. The minimum atomic E-state index is -0.391. The molecule has 19 heavy (non-hydrogen) atoms. The maximum atomic E-state index is 12.2. The van der Waals surface area contributed by atoms with Gasteiger partial charge in [-0.05, 0) is 33.6 Å². The molecule has 0 unspecified atom stereocenters. The van der Waals surface area contributed by atoms with E-state index in [2.05, 4.69) is 10.4 Å². The van der Waals surface area contributed by atoms with E-state index in [4.69, 9.17) is 10.5 Å². The molecule has 1 fully saturated rings. The summed E-state index contributed by atoms with van der Waals surface area (Å²) in [7, 11) is 0. The fraction of sp³-hybridized carbons (Fsp3) is 0.692. The van der Waals surface area contributed by atoms with Crippen molar-refractivity contribution in [2.75, 3.05) is 11.9 Å². The third kappa shape index (κ3) is 2.79. The van der Waals surface area contributed by atoms with E-state index >= 15 is 0 Å². The molecule has 106 valence electrons. The highest BCUT2D eigenvalue weighted by atomic mass is 16.5. The first-order valence-electron chi connectivity index (χ1n) is 6.77. The van der Waals surface area contributed by atoms with Crippen LogP contribution in [0.4, 0.5) is 5.69 Å². The Kier molecular flexibility index (Phi) is 4.21. The van der Waals surface area contributed by atoms with Gasteiger partial charge >= 0.3 is 0 Å². The lowest BCUT2D eigenvalue weighted by molar-refractivity contribution is -0.126. The van der Waals surface area contributed by atoms with E-state index in [0.29, 0.717) is 6.54 Å². The van der Waals surface area contributed by atoms with Crippen molar-refractivity contribution >= 4 is 11.6 Å². The predicted molar refractivity (Wildman–Crippen MR) is 73.0 cm³/mol. The average molecular weight is 266 g/mol. The topological polar surface area (TPSA) is 82.2 Å². The van der Waals surface area contributed by atoms with Crippen LogP contribution in [0.3, 0.4) is 0 Å². The van der Waals surface area contributed by atoms with Crippen molar-refractivity contribution in [2.24, 2.45) is 5.73 Å². The smallest absolute Gasteiger partial charge is 0.253 e. The Morgan fingerprint density at radius 1 is 1.53 bits per heavy atom. The van der Waals surface area contributed by atoms with Crippen LogP contribution >= 0.6 is 0 Å². The molecule has 2 atom stereocenters. The Morgan fingerprint density at radius 3 is 2.79 bits per heavy atom. The van der Waals surface area contributed by atoms with E-state index in [1.54, 1.807) is 0 Å². The summed E-state index contributed by atoms with van der Waals surface area (Å²) in [6.07, 6.45) is 1.20. The summed E-state index contributed by atoms with van der Waals surface area (Å²) >= 11 is 0. The number of nitrogens with zero attached hydrogens (tertiary/aromatic N) is 2. The van der Waals surface area contributed by atoms with Crippen LogP contribution in [0.2, 0.25) is 0 Å². The minimum absolute atomic E-state index is 0.0105. The molecule has 0 aromatic carbocycles. The van der Waals surface area contributed by atoms with Crippen LogP contribution in [0, 0.1) is 13.8 Å². The molecule has 3 N–H and O–H groups in total. The molecule has 0 saturated carbocycles. The van der Waals surface area contributed by atoms with E-state index < -0.39 is 6.10 Å². The van der Waals surface area contributed by atoms with Gasteiger partial charge in [-0.15, -0.1) is 0 Å². The quantitative estimate of drug-likeness (QED) is 0.850. The van der Waals surface area contributed by atoms with Crippen molar-refractivity contribution in [1.29, 1.82) is 0 Å². The lowest BCUT2D eigenvalue weighted by atomic mass is 10.2. The fourth-order valence-corrected chi connectivity index (χ4v) is 2.46. The molecule has 0 bridgehead atoms. The normalized spacial score (nSPS) is 22.7. The van der Waals surface area contributed by atoms with Gasteiger partial charge in [-0.25, -0.2) is 0 Å². The number of ether oxygens (including phenoxy) is 1. The number of aromatic nitrogens is 2. The first-order chi connectivity index (χ1) is 9.06. The second kappa shape index (κ2) is 5.71. The van der Waals surface area contributed by atoms with Crippen molar-refractivity contribution < 1.29 is 9.53 Å². The van der Waals surface area contributed by atoms with Gasteiger partial charge in [0.05, 0.1) is 23.2 Å². The second-order valence-corrected chi connectivity index (χ2v) is 4.91. The third-order valence-electron chi connectivity index (χ3n) is 3.59. The molecule has 1 aromatic rings. The Morgan fingerprint density at radius 2 is 2.26 bits per heavy atom. The highest BCUT2D eigenvalue weighted by Gasteiger charge is 2.30. The summed E-state index contributed by atoms with van der Waals surface area (Å²) in [4.78, 5) is 12.2. The standard InChI is InChI=1S/C13H22N4O2/c1-4-17-9(3)12(8(2)16-17)15-13(18)11-6-5-10(7-14)19-11/h10-11H,4-7,14H2,1-3H3,(H,15,18)/t10-,11+/m1/s1. The van der Waals surface area contributed by atoms with Crippen molar-refractivity contribution in [1.82, 2.24) is 9.78 Å². The van der Waals surface area contributed by atoms with Gasteiger partial charge < -0.3 is 15.8 Å². The van der Waals surface area contributed by atoms with Crippen molar-refractivity contribution in [3.8, 4) is 0 Å². The molecular weight excluding hydrogens is 244 g/mol. The van der Waals surface area contributed by atoms with Crippen LogP contribution in [0.1, 0.15) is 31.2 Å². The number of amides is 1. The summed E-state index contributed by atoms with van der Waals surface area (Å²) in [5.41, 5.74) is 8.15. The lowest BCUT2D eigenvalue weighted by Gasteiger charge is -2.13. The van der Waals surface area contributed by atoms with Crippen molar-refractivity contribution in [2.45, 2.75) is 52.4 Å². The molecule has 1 aliphatic rings. The Labute approximate surface area is 113 Å². The van der Waals surface area contributed by atoms with Crippen LogP contribution in [0.25, 0.3) is 0 Å². The zero-order valence-corrected chi connectivity index (χ0v) is 11.8. The third-order valence-corrected chi connectivity index (χ3v) is 3.59. The van der Waals surface area contributed by atoms with E-state index in [0.717, 1.165) is 36.5 Å². The summed E-state index contributed by atoms with van der Waals surface area (Å²) < 4.78 is 7.47. The molecule has 6 heteroatoms. The van der Waals surface area contributed by atoms with Gasteiger partial charge in [-0.3, -0.25) is 9.48 Å². The molecule has 1 saturated heterocycles. The average Bonchev–Trinajstić information content (AvgIpc) is 2.98. The van der Waals surface area contributed by atoms with Crippen LogP contribution in [0.15, 0.2) is 0 Å². The van der Waals surface area contributed by atoms with Crippen molar-refractivity contribution in [3.63, 3.8) is 0 Å². The van der Waals surface area contributed by atoms with Gasteiger partial charge in [0.1, 0.15) is 6.10 Å². The zero-order valence-electron chi connectivity index (χ0n) is 11.8. The minimum Gasteiger partial charge on any atom is -0.364 e. The molecule has 0 aliphatic carbocycles. The first kappa shape index (κ1) is 14.0. The molecule has 0 radical (unpaired) electrons. The number of nitrogens with two attached hydrogens (primary N) is 1. The lowest BCUT2D eigenvalue weighted by Crippen LogP contribution is -2.30. The van der Waals surface area contributed by atoms with E-state index in [9.17, 15) is 4.79 Å². The summed E-state index contributed by atoms with van der Waals surface area (Å²) in [5.74, 6) is -0.0993. The molecule has 2 rings (SSSR count). The van der Waals surface area contributed by atoms with Gasteiger partial charge in [-0.2, -0.15) is 5.10 Å². The van der Waals surface area contributed by atoms with Crippen LogP contribution in [-0.4, -0.2) is 34.4 Å². The highest BCUT2D eigenvalue weighted by molar-refractivity contribution is 5.95. The first-order valence-corrected chi connectivity index (χ1v) is 6.77. The van der Waals surface area contributed by atoms with E-state index in [1.165, 1.54) is 0 Å². The van der Waals surface area contributed by atoms with Gasteiger partial charge in [-0.1, -0.05) is 0 Å². The largest absolute Gasteiger partial charge is 0.364 e. The van der Waals surface area contributed by atoms with E-state index in [1.807, 2.05) is 25.5 Å². The zero-order chi connectivity index (χ0) is 14.0. The van der Waals surface area contributed by atoms with Gasteiger partial charge in [0.15, 0.2) is 0 Å². The number of hydrogen-bond acceptors (Lipinski definition) is 4. The van der Waals surface area contributed by atoms with Crippen LogP contribution in [0.5, 0.6) is 0 Å². The van der Waals surface area contributed by atoms with Crippen LogP contribution < -0.4 is 11.1 Å². The van der Waals surface area contributed by atoms with Gasteiger partial charge in [0.2, 0.25) is 0 Å². The number of rotatable bonds is 4. The summed E-state index contributed by atoms with van der Waals surface area (Å²) in [5, 5.41) is 7.31. The van der Waals surface area contributed by atoms with Crippen LogP contribution in [-0.2, 0) is 16.1 Å². The predicted octanol–water partition coefficient (Wildman–Crippen LogP) is 0.965.